The normalized spacial score (nSPS) is 23.1. The van der Waals surface area contributed by atoms with E-state index in [1.807, 2.05) is 32.6 Å². The molecule has 0 spiro atoms. The van der Waals surface area contributed by atoms with Gasteiger partial charge in [-0.3, -0.25) is 4.79 Å². The number of nitrogens with zero attached hydrogens (tertiary/aromatic N) is 4. The van der Waals surface area contributed by atoms with Gasteiger partial charge in [0.1, 0.15) is 5.88 Å². The summed E-state index contributed by atoms with van der Waals surface area (Å²) in [5.74, 6) is 1.12. The Morgan fingerprint density at radius 2 is 1.86 bits per heavy atom. The second-order valence-electron chi connectivity index (χ2n) is 9.28. The zero-order chi connectivity index (χ0) is 21.4. The lowest BCUT2D eigenvalue weighted by atomic mass is 9.81. The first-order chi connectivity index (χ1) is 13.5. The molecule has 1 aromatic heterocycles. The van der Waals surface area contributed by atoms with Gasteiger partial charge in [-0.1, -0.05) is 0 Å². The van der Waals surface area contributed by atoms with Crippen molar-refractivity contribution in [3.8, 4) is 0 Å². The standard InChI is InChI=1S/C20H32BClN4O3/c1-14(2)26(13-15-7-8-25(12-15)17(27)9-22)18-23-10-16(11-24-18)21-28-19(3,4)20(5,6)29-21/h10-11,14-15H,7-9,12-13H2,1-6H3/t15-/m1/s1. The molecule has 9 heteroatoms. The van der Waals surface area contributed by atoms with Gasteiger partial charge < -0.3 is 19.1 Å². The second kappa shape index (κ2) is 8.40. The summed E-state index contributed by atoms with van der Waals surface area (Å²) in [6, 6.07) is 0.246. The van der Waals surface area contributed by atoms with Crippen molar-refractivity contribution in [2.45, 2.75) is 65.2 Å². The number of rotatable bonds is 6. The molecular weight excluding hydrogens is 391 g/mol. The quantitative estimate of drug-likeness (QED) is 0.516. The van der Waals surface area contributed by atoms with Crippen LogP contribution in [0.25, 0.3) is 0 Å². The topological polar surface area (TPSA) is 67.8 Å². The van der Waals surface area contributed by atoms with Crippen LogP contribution in [-0.4, -0.2) is 70.7 Å². The summed E-state index contributed by atoms with van der Waals surface area (Å²) in [5.41, 5.74) is 0.0281. The van der Waals surface area contributed by atoms with Gasteiger partial charge in [0.15, 0.2) is 0 Å². The Labute approximate surface area is 179 Å². The molecule has 2 aliphatic heterocycles. The molecule has 0 bridgehead atoms. The molecule has 3 rings (SSSR count). The van der Waals surface area contributed by atoms with Gasteiger partial charge in [0.05, 0.1) is 11.2 Å². The Morgan fingerprint density at radius 1 is 1.28 bits per heavy atom. The minimum Gasteiger partial charge on any atom is -0.399 e. The van der Waals surface area contributed by atoms with Gasteiger partial charge in [-0.05, 0) is 53.9 Å². The van der Waals surface area contributed by atoms with E-state index in [-0.39, 0.29) is 17.8 Å². The first-order valence-corrected chi connectivity index (χ1v) is 10.9. The third-order valence-electron chi connectivity index (χ3n) is 6.27. The van der Waals surface area contributed by atoms with Crippen LogP contribution in [0.15, 0.2) is 12.4 Å². The van der Waals surface area contributed by atoms with Crippen molar-refractivity contribution in [3.63, 3.8) is 0 Å². The van der Waals surface area contributed by atoms with Crippen LogP contribution in [0, 0.1) is 5.92 Å². The number of amides is 1. The molecule has 0 radical (unpaired) electrons. The minimum absolute atomic E-state index is 0.00767. The third kappa shape index (κ3) is 4.70. The summed E-state index contributed by atoms with van der Waals surface area (Å²) in [6.45, 7) is 14.7. The first-order valence-electron chi connectivity index (χ1n) is 10.3. The maximum atomic E-state index is 11.8. The number of aromatic nitrogens is 2. The minimum atomic E-state index is -0.466. The Balaban J connectivity index is 1.68. The van der Waals surface area contributed by atoms with Crippen LogP contribution in [0.5, 0.6) is 0 Å². The lowest BCUT2D eigenvalue weighted by molar-refractivity contribution is -0.127. The van der Waals surface area contributed by atoms with Crippen molar-refractivity contribution < 1.29 is 14.1 Å². The fourth-order valence-electron chi connectivity index (χ4n) is 3.67. The predicted molar refractivity (Wildman–Crippen MR) is 116 cm³/mol. The monoisotopic (exact) mass is 422 g/mol. The molecule has 1 aromatic rings. The molecule has 0 aromatic carbocycles. The number of hydrogen-bond acceptors (Lipinski definition) is 6. The summed E-state index contributed by atoms with van der Waals surface area (Å²) in [4.78, 5) is 25.1. The first kappa shape index (κ1) is 22.3. The summed E-state index contributed by atoms with van der Waals surface area (Å²) >= 11 is 5.69. The molecule has 7 nitrogen and oxygen atoms in total. The van der Waals surface area contributed by atoms with E-state index in [0.29, 0.717) is 11.9 Å². The highest BCUT2D eigenvalue weighted by atomic mass is 35.5. The molecule has 0 aliphatic carbocycles. The van der Waals surface area contributed by atoms with Gasteiger partial charge in [0, 0.05) is 43.5 Å². The van der Waals surface area contributed by atoms with E-state index in [9.17, 15) is 4.79 Å². The largest absolute Gasteiger partial charge is 0.498 e. The van der Waals surface area contributed by atoms with Crippen LogP contribution in [0.3, 0.4) is 0 Å². The van der Waals surface area contributed by atoms with Gasteiger partial charge in [-0.25, -0.2) is 9.97 Å². The molecule has 1 atom stereocenters. The van der Waals surface area contributed by atoms with Gasteiger partial charge >= 0.3 is 7.12 Å². The molecule has 160 valence electrons. The van der Waals surface area contributed by atoms with Crippen molar-refractivity contribution in [1.82, 2.24) is 14.9 Å². The maximum Gasteiger partial charge on any atom is 0.498 e. The summed E-state index contributed by atoms with van der Waals surface area (Å²) in [7, 11) is -0.466. The number of carbonyl (C=O) groups excluding carboxylic acids is 1. The molecule has 2 aliphatic rings. The van der Waals surface area contributed by atoms with Crippen molar-refractivity contribution in [3.05, 3.63) is 12.4 Å². The molecule has 0 unspecified atom stereocenters. The van der Waals surface area contributed by atoms with E-state index < -0.39 is 18.3 Å². The highest BCUT2D eigenvalue weighted by Crippen LogP contribution is 2.36. The van der Waals surface area contributed by atoms with E-state index in [1.165, 1.54) is 0 Å². The zero-order valence-electron chi connectivity index (χ0n) is 18.3. The maximum absolute atomic E-state index is 11.8. The van der Waals surface area contributed by atoms with E-state index in [0.717, 1.165) is 31.5 Å². The van der Waals surface area contributed by atoms with Crippen LogP contribution in [0.2, 0.25) is 0 Å². The van der Waals surface area contributed by atoms with E-state index >= 15 is 0 Å². The number of likely N-dealkylation sites (tertiary alicyclic amines) is 1. The number of alkyl halides is 1. The lowest BCUT2D eigenvalue weighted by Crippen LogP contribution is -2.41. The van der Waals surface area contributed by atoms with Gasteiger partial charge in [0.25, 0.3) is 0 Å². The fraction of sp³-hybridized carbons (Fsp3) is 0.750. The van der Waals surface area contributed by atoms with Gasteiger partial charge in [-0.15, -0.1) is 11.6 Å². The van der Waals surface area contributed by atoms with Gasteiger partial charge in [0.2, 0.25) is 11.9 Å². The SMILES string of the molecule is CC(C)N(C[C@@H]1CCN(C(=O)CCl)C1)c1ncc(B2OC(C)(C)C(C)(C)O2)cn1. The molecular formula is C20H32BClN4O3. The molecule has 29 heavy (non-hydrogen) atoms. The second-order valence-corrected chi connectivity index (χ2v) is 9.55. The predicted octanol–water partition coefficient (Wildman–Crippen LogP) is 2.08. The van der Waals surface area contributed by atoms with Crippen molar-refractivity contribution >= 4 is 36.0 Å². The fourth-order valence-corrected chi connectivity index (χ4v) is 3.84. The molecule has 3 heterocycles. The van der Waals surface area contributed by atoms with E-state index in [1.54, 1.807) is 12.4 Å². The Morgan fingerprint density at radius 3 is 2.38 bits per heavy atom. The number of anilines is 1. The Kier molecular flexibility index (Phi) is 6.46. The Hall–Kier alpha value is -1.38. The van der Waals surface area contributed by atoms with Gasteiger partial charge in [-0.2, -0.15) is 0 Å². The number of halogens is 1. The average Bonchev–Trinajstić information content (AvgIpc) is 3.21. The van der Waals surface area contributed by atoms with Crippen molar-refractivity contribution in [2.75, 3.05) is 30.4 Å². The molecule has 2 fully saturated rings. The van der Waals surface area contributed by atoms with Crippen LogP contribution in [0.4, 0.5) is 5.95 Å². The van der Waals surface area contributed by atoms with Crippen molar-refractivity contribution in [2.24, 2.45) is 5.92 Å². The molecule has 2 saturated heterocycles. The highest BCUT2D eigenvalue weighted by molar-refractivity contribution is 6.61. The number of hydrogen-bond donors (Lipinski definition) is 0. The van der Waals surface area contributed by atoms with Crippen LogP contribution < -0.4 is 10.4 Å². The average molecular weight is 423 g/mol. The third-order valence-corrected chi connectivity index (χ3v) is 6.50. The summed E-state index contributed by atoms with van der Waals surface area (Å²) < 4.78 is 12.2. The molecule has 0 N–H and O–H groups in total. The molecule has 1 amide bonds. The van der Waals surface area contributed by atoms with Crippen molar-refractivity contribution in [1.29, 1.82) is 0 Å². The smallest absolute Gasteiger partial charge is 0.399 e. The van der Waals surface area contributed by atoms with E-state index in [4.69, 9.17) is 20.9 Å². The summed E-state index contributed by atoms with van der Waals surface area (Å²) in [6.07, 6.45) is 4.55. The lowest BCUT2D eigenvalue weighted by Gasteiger charge is -2.32. The van der Waals surface area contributed by atoms with Crippen LogP contribution in [-0.2, 0) is 14.1 Å². The van der Waals surface area contributed by atoms with Crippen LogP contribution >= 0.6 is 11.6 Å². The summed E-state index contributed by atoms with van der Waals surface area (Å²) in [5, 5.41) is 0. The van der Waals surface area contributed by atoms with E-state index in [2.05, 4.69) is 28.7 Å². The Bertz CT molecular complexity index is 713. The molecule has 0 saturated carbocycles. The highest BCUT2D eigenvalue weighted by Gasteiger charge is 2.52. The zero-order valence-corrected chi connectivity index (χ0v) is 19.1. The number of carbonyl (C=O) groups is 1. The van der Waals surface area contributed by atoms with Crippen LogP contribution in [0.1, 0.15) is 48.0 Å².